The van der Waals surface area contributed by atoms with Gasteiger partial charge in [-0.1, -0.05) is 23.7 Å². The van der Waals surface area contributed by atoms with Crippen LogP contribution >= 0.6 is 11.6 Å². The van der Waals surface area contributed by atoms with Gasteiger partial charge in [-0.05, 0) is 87.4 Å². The maximum absolute atomic E-state index is 13.0. The number of halogens is 4. The van der Waals surface area contributed by atoms with Gasteiger partial charge in [-0.3, -0.25) is 4.90 Å². The predicted molar refractivity (Wildman–Crippen MR) is 160 cm³/mol. The van der Waals surface area contributed by atoms with Crippen LogP contribution < -0.4 is 20.1 Å². The number of nitrogens with one attached hydrogen (secondary N) is 2. The van der Waals surface area contributed by atoms with Crippen LogP contribution in [0.1, 0.15) is 49.7 Å². The number of alkyl halides is 3. The highest BCUT2D eigenvalue weighted by molar-refractivity contribution is 6.31. The van der Waals surface area contributed by atoms with Gasteiger partial charge in [-0.15, -0.1) is 0 Å². The lowest BCUT2D eigenvalue weighted by Crippen LogP contribution is -2.55. The molecule has 2 aromatic carbocycles. The Hall–Kier alpha value is -3.22. The molecule has 3 aliphatic rings. The van der Waals surface area contributed by atoms with Crippen molar-refractivity contribution < 1.29 is 42.1 Å². The Kier molecular flexibility index (Phi) is 10.9. The number of hydrogen-bond donors (Lipinski definition) is 3. The molecular formula is C31H39ClF3N3O6. The van der Waals surface area contributed by atoms with E-state index in [0.717, 1.165) is 81.0 Å². The van der Waals surface area contributed by atoms with Crippen molar-refractivity contribution in [3.8, 4) is 11.5 Å². The third kappa shape index (κ3) is 7.70. The summed E-state index contributed by atoms with van der Waals surface area (Å²) in [6.07, 6.45) is 0.984. The van der Waals surface area contributed by atoms with E-state index in [-0.39, 0.29) is 17.5 Å². The number of fused-ring (bicyclic) bond motifs is 1. The van der Waals surface area contributed by atoms with E-state index in [1.807, 2.05) is 25.1 Å². The molecule has 3 atom stereocenters. The zero-order chi connectivity index (χ0) is 32.1. The molecule has 2 aliphatic heterocycles. The third-order valence-electron chi connectivity index (χ3n) is 8.94. The second kappa shape index (κ2) is 14.3. The highest BCUT2D eigenvalue weighted by atomic mass is 35.5. The average molecular weight is 642 g/mol. The number of aliphatic carboxylic acids is 1. The number of amides is 2. The lowest BCUT2D eigenvalue weighted by Gasteiger charge is -2.47. The van der Waals surface area contributed by atoms with E-state index in [0.29, 0.717) is 17.1 Å². The first-order valence-electron chi connectivity index (χ1n) is 14.6. The van der Waals surface area contributed by atoms with Crippen LogP contribution in [-0.2, 0) is 14.9 Å². The van der Waals surface area contributed by atoms with Gasteiger partial charge in [-0.25, -0.2) is 9.59 Å². The molecule has 0 radical (unpaired) electrons. The molecule has 0 spiro atoms. The number of nitrogens with zero attached hydrogens (tertiary/aromatic N) is 1. The van der Waals surface area contributed by atoms with Gasteiger partial charge in [0, 0.05) is 47.5 Å². The molecule has 3 fully saturated rings. The van der Waals surface area contributed by atoms with Crippen LogP contribution in [0.25, 0.3) is 0 Å². The number of benzene rings is 2. The van der Waals surface area contributed by atoms with E-state index in [1.165, 1.54) is 5.56 Å². The minimum atomic E-state index is -5.08. The van der Waals surface area contributed by atoms with Gasteiger partial charge in [0.1, 0.15) is 0 Å². The summed E-state index contributed by atoms with van der Waals surface area (Å²) in [6, 6.07) is 12.7. The lowest BCUT2D eigenvalue weighted by molar-refractivity contribution is -0.192. The number of rotatable bonds is 6. The number of carbonyl (C=O) groups excluding carboxylic acids is 1. The normalized spacial score (nSPS) is 24.0. The first-order valence-corrected chi connectivity index (χ1v) is 15.0. The van der Waals surface area contributed by atoms with Gasteiger partial charge in [0.15, 0.2) is 11.5 Å². The van der Waals surface area contributed by atoms with Gasteiger partial charge in [0.25, 0.3) is 0 Å². The number of urea groups is 1. The van der Waals surface area contributed by atoms with Gasteiger partial charge in [0.2, 0.25) is 0 Å². The number of carboxylic acids is 1. The quantitative estimate of drug-likeness (QED) is 0.346. The van der Waals surface area contributed by atoms with Crippen molar-refractivity contribution in [2.24, 2.45) is 0 Å². The van der Waals surface area contributed by atoms with Crippen LogP contribution in [0.15, 0.2) is 36.4 Å². The van der Waals surface area contributed by atoms with Gasteiger partial charge >= 0.3 is 18.2 Å². The second-order valence-electron chi connectivity index (χ2n) is 11.4. The average Bonchev–Trinajstić information content (AvgIpc) is 3.39. The van der Waals surface area contributed by atoms with Crippen molar-refractivity contribution in [3.63, 3.8) is 0 Å². The van der Waals surface area contributed by atoms with Crippen molar-refractivity contribution in [3.05, 3.63) is 52.5 Å². The summed E-state index contributed by atoms with van der Waals surface area (Å²) in [6.45, 7) is 4.67. The number of ether oxygens (including phenoxy) is 3. The Morgan fingerprint density at radius 2 is 1.73 bits per heavy atom. The number of carboxylic acid groups (broad SMARTS) is 1. The fourth-order valence-corrected chi connectivity index (χ4v) is 6.90. The third-order valence-corrected chi connectivity index (χ3v) is 9.18. The van der Waals surface area contributed by atoms with Gasteiger partial charge in [0.05, 0.1) is 14.2 Å². The minimum absolute atomic E-state index is 0.0239. The smallest absolute Gasteiger partial charge is 0.490 e. The number of hydrogen-bond acceptors (Lipinski definition) is 6. The monoisotopic (exact) mass is 641 g/mol. The number of aryl methyl sites for hydroxylation is 1. The fourth-order valence-electron chi connectivity index (χ4n) is 6.72. The zero-order valence-electron chi connectivity index (χ0n) is 25.0. The molecule has 44 heavy (non-hydrogen) atoms. The highest BCUT2D eigenvalue weighted by Gasteiger charge is 2.53. The molecule has 0 aromatic heterocycles. The molecule has 242 valence electrons. The molecular weight excluding hydrogens is 603 g/mol. The van der Waals surface area contributed by atoms with Crippen LogP contribution in [0, 0.1) is 6.92 Å². The molecule has 9 nitrogen and oxygen atoms in total. The summed E-state index contributed by atoms with van der Waals surface area (Å²) < 4.78 is 48.6. The summed E-state index contributed by atoms with van der Waals surface area (Å²) in [7, 11) is 3.37. The van der Waals surface area contributed by atoms with E-state index in [2.05, 4.69) is 27.7 Å². The van der Waals surface area contributed by atoms with E-state index in [9.17, 15) is 18.0 Å². The largest absolute Gasteiger partial charge is 0.493 e. The fraction of sp³-hybridized carbons (Fsp3) is 0.548. The topological polar surface area (TPSA) is 109 Å². The van der Waals surface area contributed by atoms with Crippen molar-refractivity contribution in [1.29, 1.82) is 0 Å². The van der Waals surface area contributed by atoms with Crippen molar-refractivity contribution in [2.45, 2.75) is 75.2 Å². The standard InChI is InChI=1S/C29H38ClN3O4.C2HF3O2/c1-19-4-6-21(30)17-24(19)32-28(34)31-22-8-11-29(20-5-7-25(35-2)26(16-20)36-3)12-13-33(27(29)18-22)23-9-14-37-15-10-23;3-2(4,5)1(6)7/h4-7,16-17,22-23,27H,8-15,18H2,1-3H3,(H2,31,32,34);(H,6,7)/t22-,27+,29+;/m1./s1. The van der Waals surface area contributed by atoms with Crippen LogP contribution in [-0.4, -0.2) is 80.3 Å². The number of methoxy groups -OCH3 is 2. The van der Waals surface area contributed by atoms with E-state index < -0.39 is 12.1 Å². The predicted octanol–water partition coefficient (Wildman–Crippen LogP) is 6.16. The summed E-state index contributed by atoms with van der Waals surface area (Å²) in [5.74, 6) is -1.23. The number of likely N-dealkylation sites (tertiary alicyclic amines) is 1. The SMILES string of the molecule is COc1ccc([C@@]23CC[C@@H](NC(=O)Nc4cc(Cl)ccc4C)C[C@@H]2N(C2CCOCC2)CC3)cc1OC.O=C(O)C(F)(F)F. The molecule has 13 heteroatoms. The van der Waals surface area contributed by atoms with Crippen molar-refractivity contribution in [2.75, 3.05) is 39.3 Å². The van der Waals surface area contributed by atoms with Crippen LogP contribution in [0.4, 0.5) is 23.7 Å². The Labute approximate surface area is 260 Å². The number of carbonyl (C=O) groups is 2. The summed E-state index contributed by atoms with van der Waals surface area (Å²) in [5.41, 5.74) is 3.06. The molecule has 0 unspecified atom stereocenters. The van der Waals surface area contributed by atoms with Crippen LogP contribution in [0.2, 0.25) is 5.02 Å². The molecule has 5 rings (SSSR count). The Balaban J connectivity index is 0.000000566. The number of anilines is 1. The summed E-state index contributed by atoms with van der Waals surface area (Å²) in [5, 5.41) is 14.0. The molecule has 2 saturated heterocycles. The summed E-state index contributed by atoms with van der Waals surface area (Å²) >= 11 is 6.15. The van der Waals surface area contributed by atoms with E-state index in [4.69, 9.17) is 35.7 Å². The molecule has 2 aromatic rings. The lowest BCUT2D eigenvalue weighted by atomic mass is 9.65. The first-order chi connectivity index (χ1) is 20.9. The van der Waals surface area contributed by atoms with Crippen molar-refractivity contribution in [1.82, 2.24) is 10.2 Å². The van der Waals surface area contributed by atoms with Gasteiger partial charge in [-0.2, -0.15) is 13.2 Å². The van der Waals surface area contributed by atoms with E-state index >= 15 is 0 Å². The van der Waals surface area contributed by atoms with Gasteiger partial charge < -0.3 is 30.0 Å². The summed E-state index contributed by atoms with van der Waals surface area (Å²) in [4.78, 5) is 24.6. The first kappa shape index (κ1) is 33.7. The molecule has 3 N–H and O–H groups in total. The molecule has 1 saturated carbocycles. The Morgan fingerprint density at radius 3 is 2.36 bits per heavy atom. The molecule has 1 aliphatic carbocycles. The maximum atomic E-state index is 13.0. The Morgan fingerprint density at radius 1 is 1.05 bits per heavy atom. The minimum Gasteiger partial charge on any atom is -0.493 e. The van der Waals surface area contributed by atoms with Crippen LogP contribution in [0.3, 0.4) is 0 Å². The highest BCUT2D eigenvalue weighted by Crippen LogP contribution is 2.51. The second-order valence-corrected chi connectivity index (χ2v) is 11.8. The maximum Gasteiger partial charge on any atom is 0.490 e. The van der Waals surface area contributed by atoms with Crippen LogP contribution in [0.5, 0.6) is 11.5 Å². The Bertz CT molecular complexity index is 1320. The van der Waals surface area contributed by atoms with E-state index in [1.54, 1.807) is 20.3 Å². The molecule has 2 amide bonds. The van der Waals surface area contributed by atoms with Crippen molar-refractivity contribution >= 4 is 29.3 Å². The molecule has 0 bridgehead atoms. The molecule has 2 heterocycles. The zero-order valence-corrected chi connectivity index (χ0v) is 25.8.